The average molecular weight is 189 g/mol. The second kappa shape index (κ2) is 5.17. The Kier molecular flexibility index (Phi) is 3.85. The summed E-state index contributed by atoms with van der Waals surface area (Å²) in [4.78, 5) is 4.26. The lowest BCUT2D eigenvalue weighted by Crippen LogP contribution is -1.83. The number of hydrogen-bond acceptors (Lipinski definition) is 2. The lowest BCUT2D eigenvalue weighted by molar-refractivity contribution is 1.03. The number of aromatic nitrogens is 3. The van der Waals surface area contributed by atoms with Crippen molar-refractivity contribution >= 4 is 5.57 Å². The number of nitrogens with zero attached hydrogens (tertiary/aromatic N) is 2. The van der Waals surface area contributed by atoms with Gasteiger partial charge in [-0.25, -0.2) is 4.98 Å². The van der Waals surface area contributed by atoms with E-state index in [-0.39, 0.29) is 0 Å². The van der Waals surface area contributed by atoms with E-state index in [4.69, 9.17) is 0 Å². The molecule has 0 unspecified atom stereocenters. The van der Waals surface area contributed by atoms with Gasteiger partial charge in [-0.05, 0) is 20.8 Å². The van der Waals surface area contributed by atoms with E-state index < -0.39 is 0 Å². The fourth-order valence-corrected chi connectivity index (χ4v) is 1.06. The van der Waals surface area contributed by atoms with Crippen molar-refractivity contribution in [2.45, 2.75) is 20.8 Å². The minimum atomic E-state index is 0.735. The highest BCUT2D eigenvalue weighted by Gasteiger charge is 2.01. The zero-order chi connectivity index (χ0) is 10.4. The molecule has 1 rings (SSSR count). The van der Waals surface area contributed by atoms with Crippen molar-refractivity contribution in [1.82, 2.24) is 15.2 Å². The van der Waals surface area contributed by atoms with Gasteiger partial charge >= 0.3 is 0 Å². The van der Waals surface area contributed by atoms with Crippen LogP contribution in [0.3, 0.4) is 0 Å². The maximum absolute atomic E-state index is 4.26. The summed E-state index contributed by atoms with van der Waals surface area (Å²) in [5.74, 6) is 1.56. The molecule has 1 heterocycles. The maximum atomic E-state index is 4.26. The molecule has 0 amide bonds. The third kappa shape index (κ3) is 2.69. The van der Waals surface area contributed by atoms with Crippen molar-refractivity contribution in [2.24, 2.45) is 0 Å². The van der Waals surface area contributed by atoms with Gasteiger partial charge < -0.3 is 0 Å². The fraction of sp³-hybridized carbons (Fsp3) is 0.273. The summed E-state index contributed by atoms with van der Waals surface area (Å²) in [5, 5.41) is 6.92. The monoisotopic (exact) mass is 189 g/mol. The number of rotatable bonds is 3. The molecular formula is C11H15N3. The van der Waals surface area contributed by atoms with E-state index in [0.717, 1.165) is 17.2 Å². The Morgan fingerprint density at radius 3 is 2.57 bits per heavy atom. The Labute approximate surface area is 84.3 Å². The van der Waals surface area contributed by atoms with Crippen LogP contribution < -0.4 is 0 Å². The molecule has 0 aliphatic heterocycles. The Balaban J connectivity index is 2.99. The quantitative estimate of drug-likeness (QED) is 0.743. The second-order valence-electron chi connectivity index (χ2n) is 2.89. The zero-order valence-electron chi connectivity index (χ0n) is 8.78. The standard InChI is InChI=1S/C11H15N3/c1-4-6-8-10(7-5-2)11-12-9(3)13-14-11/h4-8H,1-3H3,(H,12,13,14)/b6-4?,7-5-,10-8+. The summed E-state index contributed by atoms with van der Waals surface area (Å²) in [6.07, 6.45) is 9.90. The number of aromatic amines is 1. The molecule has 0 bridgehead atoms. The molecule has 0 fully saturated rings. The summed E-state index contributed by atoms with van der Waals surface area (Å²) in [6.45, 7) is 5.84. The molecule has 3 heteroatoms. The first-order chi connectivity index (χ1) is 6.77. The minimum absolute atomic E-state index is 0.735. The lowest BCUT2D eigenvalue weighted by Gasteiger charge is -1.92. The van der Waals surface area contributed by atoms with Crippen LogP contribution in [-0.2, 0) is 0 Å². The van der Waals surface area contributed by atoms with Crippen LogP contribution in [0.4, 0.5) is 0 Å². The van der Waals surface area contributed by atoms with Crippen molar-refractivity contribution in [3.63, 3.8) is 0 Å². The topological polar surface area (TPSA) is 41.6 Å². The van der Waals surface area contributed by atoms with E-state index in [1.54, 1.807) is 0 Å². The van der Waals surface area contributed by atoms with Gasteiger partial charge in [-0.15, -0.1) is 0 Å². The van der Waals surface area contributed by atoms with Crippen LogP contribution in [0.1, 0.15) is 25.5 Å². The van der Waals surface area contributed by atoms with Gasteiger partial charge in [-0.2, -0.15) is 5.10 Å². The Morgan fingerprint density at radius 1 is 1.29 bits per heavy atom. The molecule has 14 heavy (non-hydrogen) atoms. The first kappa shape index (κ1) is 10.4. The van der Waals surface area contributed by atoms with E-state index in [1.165, 1.54) is 0 Å². The van der Waals surface area contributed by atoms with Gasteiger partial charge in [0.2, 0.25) is 0 Å². The van der Waals surface area contributed by atoms with Gasteiger partial charge in [0, 0.05) is 5.57 Å². The normalized spacial score (nSPS) is 13.2. The van der Waals surface area contributed by atoms with Crippen molar-refractivity contribution < 1.29 is 0 Å². The number of allylic oxidation sites excluding steroid dienone is 6. The molecule has 74 valence electrons. The molecule has 0 aliphatic rings. The number of H-pyrrole nitrogens is 1. The molecule has 0 radical (unpaired) electrons. The largest absolute Gasteiger partial charge is 0.263 e. The molecule has 3 nitrogen and oxygen atoms in total. The van der Waals surface area contributed by atoms with E-state index in [1.807, 2.05) is 51.2 Å². The number of nitrogens with one attached hydrogen (secondary N) is 1. The van der Waals surface area contributed by atoms with E-state index >= 15 is 0 Å². The van der Waals surface area contributed by atoms with Gasteiger partial charge in [0.25, 0.3) is 0 Å². The molecule has 1 aromatic heterocycles. The minimum Gasteiger partial charge on any atom is -0.263 e. The molecule has 0 aliphatic carbocycles. The molecule has 0 saturated heterocycles. The summed E-state index contributed by atoms with van der Waals surface area (Å²) < 4.78 is 0. The van der Waals surface area contributed by atoms with E-state index in [0.29, 0.717) is 0 Å². The summed E-state index contributed by atoms with van der Waals surface area (Å²) in [7, 11) is 0. The molecule has 0 aromatic carbocycles. The number of aryl methyl sites for hydroxylation is 1. The second-order valence-corrected chi connectivity index (χ2v) is 2.89. The van der Waals surface area contributed by atoms with Gasteiger partial charge in [0.15, 0.2) is 5.82 Å². The Bertz CT molecular complexity index is 370. The third-order valence-electron chi connectivity index (χ3n) is 1.67. The third-order valence-corrected chi connectivity index (χ3v) is 1.67. The summed E-state index contributed by atoms with van der Waals surface area (Å²) >= 11 is 0. The van der Waals surface area contributed by atoms with Crippen molar-refractivity contribution in [3.8, 4) is 0 Å². The first-order valence-electron chi connectivity index (χ1n) is 4.63. The average Bonchev–Trinajstić information content (AvgIpc) is 2.59. The van der Waals surface area contributed by atoms with Crippen LogP contribution in [0.5, 0.6) is 0 Å². The van der Waals surface area contributed by atoms with Crippen LogP contribution in [0, 0.1) is 6.92 Å². The van der Waals surface area contributed by atoms with Gasteiger partial charge in [0.1, 0.15) is 5.82 Å². The van der Waals surface area contributed by atoms with Crippen molar-refractivity contribution in [1.29, 1.82) is 0 Å². The van der Waals surface area contributed by atoms with Crippen LogP contribution in [0.15, 0.2) is 30.4 Å². The van der Waals surface area contributed by atoms with Crippen LogP contribution in [0.2, 0.25) is 0 Å². The molecule has 1 N–H and O–H groups in total. The maximum Gasteiger partial charge on any atom is 0.181 e. The highest BCUT2D eigenvalue weighted by Crippen LogP contribution is 2.10. The molecular weight excluding hydrogens is 174 g/mol. The van der Waals surface area contributed by atoms with Crippen molar-refractivity contribution in [3.05, 3.63) is 42.0 Å². The highest BCUT2D eigenvalue weighted by atomic mass is 15.2. The molecule has 0 atom stereocenters. The zero-order valence-corrected chi connectivity index (χ0v) is 8.78. The SMILES string of the molecule is CC=C/C=C(\C=C/C)c1n[nH]c(C)n1. The van der Waals surface area contributed by atoms with Crippen molar-refractivity contribution in [2.75, 3.05) is 0 Å². The van der Waals surface area contributed by atoms with E-state index in [9.17, 15) is 0 Å². The predicted molar refractivity (Wildman–Crippen MR) is 58.7 cm³/mol. The molecule has 0 spiro atoms. The van der Waals surface area contributed by atoms with Gasteiger partial charge in [0.05, 0.1) is 0 Å². The van der Waals surface area contributed by atoms with Crippen LogP contribution >= 0.6 is 0 Å². The predicted octanol–water partition coefficient (Wildman–Crippen LogP) is 2.65. The lowest BCUT2D eigenvalue weighted by atomic mass is 10.2. The smallest absolute Gasteiger partial charge is 0.181 e. The first-order valence-corrected chi connectivity index (χ1v) is 4.63. The van der Waals surface area contributed by atoms with Gasteiger partial charge in [-0.3, -0.25) is 5.10 Å². The summed E-state index contributed by atoms with van der Waals surface area (Å²) in [5.41, 5.74) is 1.01. The summed E-state index contributed by atoms with van der Waals surface area (Å²) in [6, 6.07) is 0. The fourth-order valence-electron chi connectivity index (χ4n) is 1.06. The molecule has 1 aromatic rings. The Hall–Kier alpha value is -1.64. The van der Waals surface area contributed by atoms with E-state index in [2.05, 4.69) is 15.2 Å². The van der Waals surface area contributed by atoms with Crippen LogP contribution in [-0.4, -0.2) is 15.2 Å². The van der Waals surface area contributed by atoms with Crippen LogP contribution in [0.25, 0.3) is 5.57 Å². The number of hydrogen-bond donors (Lipinski definition) is 1. The highest BCUT2D eigenvalue weighted by molar-refractivity contribution is 5.70. The Morgan fingerprint density at radius 2 is 2.07 bits per heavy atom. The molecule has 0 saturated carbocycles. The van der Waals surface area contributed by atoms with Gasteiger partial charge in [-0.1, -0.05) is 30.4 Å².